The summed E-state index contributed by atoms with van der Waals surface area (Å²) >= 11 is 0. The topological polar surface area (TPSA) is 75.7 Å². The van der Waals surface area contributed by atoms with E-state index < -0.39 is 16.0 Å². The summed E-state index contributed by atoms with van der Waals surface area (Å²) in [6.45, 7) is 3.60. The van der Waals surface area contributed by atoms with Crippen LogP contribution in [0.15, 0.2) is 29.2 Å². The molecular weight excluding hydrogens is 292 g/mol. The summed E-state index contributed by atoms with van der Waals surface area (Å²) in [6, 6.07) is 6.08. The average Bonchev–Trinajstić information content (AvgIpc) is 3.01. The highest BCUT2D eigenvalue weighted by Crippen LogP contribution is 2.24. The van der Waals surface area contributed by atoms with Gasteiger partial charge in [0.25, 0.3) is 0 Å². The standard InChI is InChI=1S/C14H20N2O4S/c1-3-16(11-8-9-15-10-11)21(18,19)13-7-5-4-6-12(13)14(17)20-2/h4-7,11,15H,3,8-10H2,1-2H3. The van der Waals surface area contributed by atoms with Crippen molar-refractivity contribution in [2.24, 2.45) is 0 Å². The highest BCUT2D eigenvalue weighted by Gasteiger charge is 2.34. The third-order valence-corrected chi connectivity index (χ3v) is 5.72. The zero-order valence-electron chi connectivity index (χ0n) is 12.2. The van der Waals surface area contributed by atoms with Gasteiger partial charge in [0.2, 0.25) is 10.0 Å². The molecular formula is C14H20N2O4S. The lowest BCUT2D eigenvalue weighted by atomic mass is 10.2. The van der Waals surface area contributed by atoms with Crippen LogP contribution in [-0.2, 0) is 14.8 Å². The van der Waals surface area contributed by atoms with Gasteiger partial charge in [0.05, 0.1) is 17.6 Å². The van der Waals surface area contributed by atoms with Crippen LogP contribution in [-0.4, -0.2) is 51.5 Å². The fourth-order valence-corrected chi connectivity index (χ4v) is 4.45. The molecule has 1 aromatic rings. The van der Waals surface area contributed by atoms with Crippen LogP contribution < -0.4 is 5.32 Å². The van der Waals surface area contributed by atoms with E-state index in [-0.39, 0.29) is 16.5 Å². The Labute approximate surface area is 125 Å². The molecule has 1 unspecified atom stereocenters. The minimum absolute atomic E-state index is 0.00519. The summed E-state index contributed by atoms with van der Waals surface area (Å²) in [5.74, 6) is -0.644. The van der Waals surface area contributed by atoms with Gasteiger partial charge in [0.1, 0.15) is 0 Å². The van der Waals surface area contributed by atoms with Gasteiger partial charge in [-0.1, -0.05) is 19.1 Å². The Hall–Kier alpha value is -1.44. The number of hydrogen-bond acceptors (Lipinski definition) is 5. The number of ether oxygens (including phenoxy) is 1. The molecule has 1 N–H and O–H groups in total. The molecule has 0 radical (unpaired) electrons. The van der Waals surface area contributed by atoms with Gasteiger partial charge in [-0.3, -0.25) is 0 Å². The first kappa shape index (κ1) is 15.9. The van der Waals surface area contributed by atoms with Gasteiger partial charge in [-0.05, 0) is 25.1 Å². The van der Waals surface area contributed by atoms with Gasteiger partial charge in [0.15, 0.2) is 0 Å². The first-order valence-corrected chi connectivity index (χ1v) is 8.36. The van der Waals surface area contributed by atoms with Crippen LogP contribution >= 0.6 is 0 Å². The molecule has 1 fully saturated rings. The molecule has 0 amide bonds. The van der Waals surface area contributed by atoms with Crippen LogP contribution in [0, 0.1) is 0 Å². The molecule has 0 spiro atoms. The van der Waals surface area contributed by atoms with Gasteiger partial charge in [-0.2, -0.15) is 4.31 Å². The Balaban J connectivity index is 2.45. The lowest BCUT2D eigenvalue weighted by molar-refractivity contribution is 0.0596. The molecule has 116 valence electrons. The summed E-state index contributed by atoms with van der Waals surface area (Å²) in [6.07, 6.45) is 0.771. The fourth-order valence-electron chi connectivity index (χ4n) is 2.61. The van der Waals surface area contributed by atoms with E-state index in [1.54, 1.807) is 19.1 Å². The number of esters is 1. The summed E-state index contributed by atoms with van der Waals surface area (Å²) in [4.78, 5) is 11.8. The SMILES string of the molecule is CCN(C1CCNC1)S(=O)(=O)c1ccccc1C(=O)OC. The number of nitrogens with zero attached hydrogens (tertiary/aromatic N) is 1. The van der Waals surface area contributed by atoms with E-state index in [1.165, 1.54) is 23.5 Å². The van der Waals surface area contributed by atoms with Gasteiger partial charge >= 0.3 is 5.97 Å². The van der Waals surface area contributed by atoms with Crippen molar-refractivity contribution in [3.8, 4) is 0 Å². The second-order valence-electron chi connectivity index (χ2n) is 4.84. The number of nitrogens with one attached hydrogen (secondary N) is 1. The summed E-state index contributed by atoms with van der Waals surface area (Å²) in [7, 11) is -2.49. The fraction of sp³-hybridized carbons (Fsp3) is 0.500. The third kappa shape index (κ3) is 3.09. The van der Waals surface area contributed by atoms with Crippen molar-refractivity contribution in [3.63, 3.8) is 0 Å². The molecule has 1 aromatic carbocycles. The van der Waals surface area contributed by atoms with E-state index in [1.807, 2.05) is 0 Å². The monoisotopic (exact) mass is 312 g/mol. The van der Waals surface area contributed by atoms with E-state index in [0.29, 0.717) is 13.1 Å². The minimum Gasteiger partial charge on any atom is -0.465 e. The maximum absolute atomic E-state index is 12.9. The maximum atomic E-state index is 12.9. The first-order valence-electron chi connectivity index (χ1n) is 6.92. The van der Waals surface area contributed by atoms with Crippen molar-refractivity contribution in [2.75, 3.05) is 26.7 Å². The predicted molar refractivity (Wildman–Crippen MR) is 78.6 cm³/mol. The molecule has 6 nitrogen and oxygen atoms in total. The predicted octanol–water partition coefficient (Wildman–Crippen LogP) is 0.846. The molecule has 0 aromatic heterocycles. The Morgan fingerprint density at radius 1 is 1.43 bits per heavy atom. The van der Waals surface area contributed by atoms with Crippen LogP contribution in [0.5, 0.6) is 0 Å². The number of carbonyl (C=O) groups is 1. The number of hydrogen-bond donors (Lipinski definition) is 1. The third-order valence-electron chi connectivity index (χ3n) is 3.63. The molecule has 2 rings (SSSR count). The van der Waals surface area contributed by atoms with Crippen molar-refractivity contribution in [3.05, 3.63) is 29.8 Å². The average molecular weight is 312 g/mol. The number of sulfonamides is 1. The van der Waals surface area contributed by atoms with Gasteiger partial charge in [0, 0.05) is 19.1 Å². The normalized spacial score (nSPS) is 18.9. The molecule has 1 saturated heterocycles. The van der Waals surface area contributed by atoms with E-state index >= 15 is 0 Å². The highest BCUT2D eigenvalue weighted by molar-refractivity contribution is 7.89. The number of methoxy groups -OCH3 is 1. The molecule has 7 heteroatoms. The summed E-state index contributed by atoms with van der Waals surface area (Å²) in [5, 5.41) is 3.16. The molecule has 1 aliphatic heterocycles. The van der Waals surface area contributed by atoms with E-state index in [9.17, 15) is 13.2 Å². The molecule has 0 bridgehead atoms. The Bertz CT molecular complexity index is 609. The number of carbonyl (C=O) groups excluding carboxylic acids is 1. The molecule has 1 aliphatic rings. The number of likely N-dealkylation sites (N-methyl/N-ethyl adjacent to an activating group) is 1. The van der Waals surface area contributed by atoms with Crippen LogP contribution in [0.25, 0.3) is 0 Å². The Morgan fingerprint density at radius 3 is 2.71 bits per heavy atom. The van der Waals surface area contributed by atoms with Crippen LogP contribution in [0.2, 0.25) is 0 Å². The second-order valence-corrected chi connectivity index (χ2v) is 6.70. The highest BCUT2D eigenvalue weighted by atomic mass is 32.2. The van der Waals surface area contributed by atoms with Crippen molar-refractivity contribution in [2.45, 2.75) is 24.3 Å². The van der Waals surface area contributed by atoms with Crippen molar-refractivity contribution in [1.29, 1.82) is 0 Å². The van der Waals surface area contributed by atoms with Crippen LogP contribution in [0.4, 0.5) is 0 Å². The van der Waals surface area contributed by atoms with Crippen LogP contribution in [0.1, 0.15) is 23.7 Å². The summed E-state index contributed by atoms with van der Waals surface area (Å²) < 4.78 is 31.9. The van der Waals surface area contributed by atoms with E-state index in [4.69, 9.17) is 0 Å². The number of benzene rings is 1. The van der Waals surface area contributed by atoms with Gasteiger partial charge in [-0.15, -0.1) is 0 Å². The van der Waals surface area contributed by atoms with Gasteiger partial charge in [-0.25, -0.2) is 13.2 Å². The number of rotatable bonds is 5. The Kier molecular flexibility index (Phi) is 4.97. The molecule has 1 heterocycles. The first-order chi connectivity index (χ1) is 10.0. The largest absolute Gasteiger partial charge is 0.465 e. The zero-order chi connectivity index (χ0) is 15.5. The summed E-state index contributed by atoms with van der Waals surface area (Å²) in [5.41, 5.74) is 0.0735. The van der Waals surface area contributed by atoms with Crippen molar-refractivity contribution < 1.29 is 17.9 Å². The van der Waals surface area contributed by atoms with Crippen molar-refractivity contribution in [1.82, 2.24) is 9.62 Å². The second kappa shape index (κ2) is 6.55. The smallest absolute Gasteiger partial charge is 0.339 e. The van der Waals surface area contributed by atoms with Crippen LogP contribution in [0.3, 0.4) is 0 Å². The van der Waals surface area contributed by atoms with Gasteiger partial charge < -0.3 is 10.1 Å². The lowest BCUT2D eigenvalue weighted by Gasteiger charge is -2.26. The van der Waals surface area contributed by atoms with E-state index in [2.05, 4.69) is 10.1 Å². The molecule has 1 atom stereocenters. The quantitative estimate of drug-likeness (QED) is 0.816. The zero-order valence-corrected chi connectivity index (χ0v) is 13.0. The van der Waals surface area contributed by atoms with Crippen molar-refractivity contribution >= 4 is 16.0 Å². The molecule has 21 heavy (non-hydrogen) atoms. The molecule has 0 aliphatic carbocycles. The molecule has 0 saturated carbocycles. The Morgan fingerprint density at radius 2 is 2.14 bits per heavy atom. The maximum Gasteiger partial charge on any atom is 0.339 e. The van der Waals surface area contributed by atoms with E-state index in [0.717, 1.165) is 13.0 Å². The lowest BCUT2D eigenvalue weighted by Crippen LogP contribution is -2.41. The minimum atomic E-state index is -3.73.